The van der Waals surface area contributed by atoms with Crippen molar-refractivity contribution in [3.8, 4) is 0 Å². The molecule has 3 fully saturated rings. The molecule has 1 saturated carbocycles. The zero-order chi connectivity index (χ0) is 24.0. The Balaban J connectivity index is 1.45. The summed E-state index contributed by atoms with van der Waals surface area (Å²) in [5.74, 6) is 0.379. The molecule has 0 bridgehead atoms. The topological polar surface area (TPSA) is 40.6 Å². The molecule has 2 heterocycles. The van der Waals surface area contributed by atoms with Gasteiger partial charge in [-0.15, -0.1) is 0 Å². The van der Waals surface area contributed by atoms with Crippen molar-refractivity contribution in [2.75, 3.05) is 19.6 Å². The van der Waals surface area contributed by atoms with Crippen LogP contribution in [0.2, 0.25) is 0 Å². The standard InChI is InChI=1S/C29H35FN2O2/c1-19-14-20(2)16-23(15-19)29(11-4-5-12-29)28(34)31-13-10-27-26(17-31)25(18-32(27)21(3)33)22-6-8-24(30)9-7-22/h6-9,14-16,25-27H,4-5,10-13,17-18H2,1-3H3/t25-,26-,27-/m1/s1. The Morgan fingerprint density at radius 3 is 2.24 bits per heavy atom. The van der Waals surface area contributed by atoms with Gasteiger partial charge in [-0.05, 0) is 56.4 Å². The van der Waals surface area contributed by atoms with Crippen LogP contribution >= 0.6 is 0 Å². The molecule has 0 N–H and O–H groups in total. The summed E-state index contributed by atoms with van der Waals surface area (Å²) in [7, 11) is 0. The van der Waals surface area contributed by atoms with Crippen LogP contribution in [0.4, 0.5) is 4.39 Å². The van der Waals surface area contributed by atoms with E-state index in [1.54, 1.807) is 6.92 Å². The van der Waals surface area contributed by atoms with E-state index in [0.717, 1.165) is 37.7 Å². The summed E-state index contributed by atoms with van der Waals surface area (Å²) in [5, 5.41) is 0. The van der Waals surface area contributed by atoms with Gasteiger partial charge in [-0.3, -0.25) is 9.59 Å². The van der Waals surface area contributed by atoms with Crippen LogP contribution in [0.1, 0.15) is 67.2 Å². The molecule has 5 rings (SSSR count). The van der Waals surface area contributed by atoms with Crippen LogP contribution in [0.5, 0.6) is 0 Å². The first-order chi connectivity index (χ1) is 16.3. The summed E-state index contributed by atoms with van der Waals surface area (Å²) in [5.41, 5.74) is 4.20. The molecule has 1 aliphatic carbocycles. The van der Waals surface area contributed by atoms with Crippen LogP contribution in [0.15, 0.2) is 42.5 Å². The molecule has 2 aliphatic heterocycles. The Hall–Kier alpha value is -2.69. The summed E-state index contributed by atoms with van der Waals surface area (Å²) in [6, 6.07) is 13.4. The highest BCUT2D eigenvalue weighted by Gasteiger charge is 2.51. The predicted molar refractivity (Wildman–Crippen MR) is 131 cm³/mol. The van der Waals surface area contributed by atoms with Crippen molar-refractivity contribution < 1.29 is 14.0 Å². The van der Waals surface area contributed by atoms with Gasteiger partial charge in [0.25, 0.3) is 0 Å². The Bertz CT molecular complexity index is 1070. The fourth-order valence-corrected chi connectivity index (χ4v) is 7.00. The minimum absolute atomic E-state index is 0.0851. The number of nitrogens with zero attached hydrogens (tertiary/aromatic N) is 2. The Morgan fingerprint density at radius 1 is 0.971 bits per heavy atom. The average molecular weight is 463 g/mol. The van der Waals surface area contributed by atoms with Gasteiger partial charge < -0.3 is 9.80 Å². The van der Waals surface area contributed by atoms with Gasteiger partial charge in [0, 0.05) is 44.4 Å². The highest BCUT2D eigenvalue weighted by molar-refractivity contribution is 5.89. The number of aryl methyl sites for hydroxylation is 2. The molecular formula is C29H35FN2O2. The number of carbonyl (C=O) groups excluding carboxylic acids is 2. The van der Waals surface area contributed by atoms with Crippen LogP contribution < -0.4 is 0 Å². The maximum atomic E-state index is 14.2. The third-order valence-corrected chi connectivity index (χ3v) is 8.56. The van der Waals surface area contributed by atoms with Crippen molar-refractivity contribution in [2.24, 2.45) is 5.92 Å². The number of amides is 2. The summed E-state index contributed by atoms with van der Waals surface area (Å²) in [6.07, 6.45) is 4.76. The number of fused-ring (bicyclic) bond motifs is 1. The quantitative estimate of drug-likeness (QED) is 0.635. The van der Waals surface area contributed by atoms with Crippen molar-refractivity contribution >= 4 is 11.8 Å². The van der Waals surface area contributed by atoms with Gasteiger partial charge in [0.15, 0.2) is 0 Å². The second kappa shape index (κ2) is 8.83. The Morgan fingerprint density at radius 2 is 1.62 bits per heavy atom. The number of piperidine rings is 1. The third kappa shape index (κ3) is 3.93. The lowest BCUT2D eigenvalue weighted by Gasteiger charge is -2.42. The molecule has 0 aromatic heterocycles. The van der Waals surface area contributed by atoms with Crippen molar-refractivity contribution in [1.29, 1.82) is 0 Å². The molecule has 2 aromatic carbocycles. The van der Waals surface area contributed by atoms with Gasteiger partial charge in [-0.1, -0.05) is 54.3 Å². The molecule has 180 valence electrons. The fraction of sp³-hybridized carbons (Fsp3) is 0.517. The molecule has 0 spiro atoms. The maximum Gasteiger partial charge on any atom is 0.233 e. The molecule has 5 heteroatoms. The third-order valence-electron chi connectivity index (χ3n) is 8.56. The molecule has 2 saturated heterocycles. The maximum absolute atomic E-state index is 14.2. The second-order valence-corrected chi connectivity index (χ2v) is 10.8. The van der Waals surface area contributed by atoms with Gasteiger partial charge in [0.2, 0.25) is 11.8 Å². The van der Waals surface area contributed by atoms with E-state index in [9.17, 15) is 14.0 Å². The number of hydrogen-bond acceptors (Lipinski definition) is 2. The lowest BCUT2D eigenvalue weighted by atomic mass is 9.75. The number of rotatable bonds is 3. The number of carbonyl (C=O) groups is 2. The molecular weight excluding hydrogens is 427 g/mol. The second-order valence-electron chi connectivity index (χ2n) is 10.8. The highest BCUT2D eigenvalue weighted by atomic mass is 19.1. The van der Waals surface area contributed by atoms with Gasteiger partial charge in [-0.2, -0.15) is 0 Å². The van der Waals surface area contributed by atoms with Crippen LogP contribution in [-0.2, 0) is 15.0 Å². The monoisotopic (exact) mass is 462 g/mol. The highest BCUT2D eigenvalue weighted by Crippen LogP contribution is 2.46. The van der Waals surface area contributed by atoms with Crippen LogP contribution in [0.25, 0.3) is 0 Å². The SMILES string of the molecule is CC(=O)N1C[C@H](c2ccc(F)cc2)[C@H]2CN(C(=O)C3(c4cc(C)cc(C)c4)CCCC3)CC[C@H]21. The van der Waals surface area contributed by atoms with E-state index in [4.69, 9.17) is 0 Å². The first-order valence-electron chi connectivity index (χ1n) is 12.7. The van der Waals surface area contributed by atoms with Crippen LogP contribution in [0.3, 0.4) is 0 Å². The van der Waals surface area contributed by atoms with Crippen molar-refractivity contribution in [2.45, 2.75) is 70.3 Å². The summed E-state index contributed by atoms with van der Waals surface area (Å²) >= 11 is 0. The van der Waals surface area contributed by atoms with E-state index in [-0.39, 0.29) is 35.5 Å². The molecule has 34 heavy (non-hydrogen) atoms. The Labute approximate surface area is 202 Å². The molecule has 2 aromatic rings. The zero-order valence-electron chi connectivity index (χ0n) is 20.5. The zero-order valence-corrected chi connectivity index (χ0v) is 20.5. The number of halogens is 1. The normalized spacial score (nSPS) is 25.9. The van der Waals surface area contributed by atoms with Gasteiger partial charge >= 0.3 is 0 Å². The number of hydrogen-bond donors (Lipinski definition) is 0. The molecule has 4 nitrogen and oxygen atoms in total. The average Bonchev–Trinajstić information content (AvgIpc) is 3.44. The first-order valence-corrected chi connectivity index (χ1v) is 12.7. The summed E-state index contributed by atoms with van der Waals surface area (Å²) in [6.45, 7) is 7.83. The van der Waals surface area contributed by atoms with E-state index < -0.39 is 5.41 Å². The Kier molecular flexibility index (Phi) is 5.99. The number of likely N-dealkylation sites (tertiary alicyclic amines) is 2. The summed E-state index contributed by atoms with van der Waals surface area (Å²) in [4.78, 5) is 30.7. The minimum Gasteiger partial charge on any atom is -0.341 e. The molecule has 3 aliphatic rings. The van der Waals surface area contributed by atoms with E-state index in [1.807, 2.05) is 17.0 Å². The molecule has 3 atom stereocenters. The molecule has 0 radical (unpaired) electrons. The molecule has 2 amide bonds. The number of benzene rings is 2. The largest absolute Gasteiger partial charge is 0.341 e. The lowest BCUT2D eigenvalue weighted by molar-refractivity contribution is -0.140. The van der Waals surface area contributed by atoms with Crippen LogP contribution in [0, 0.1) is 25.6 Å². The van der Waals surface area contributed by atoms with E-state index in [2.05, 4.69) is 36.9 Å². The van der Waals surface area contributed by atoms with E-state index in [0.29, 0.717) is 19.6 Å². The van der Waals surface area contributed by atoms with Crippen molar-refractivity contribution in [1.82, 2.24) is 9.80 Å². The summed E-state index contributed by atoms with van der Waals surface area (Å²) < 4.78 is 13.6. The first kappa shape index (κ1) is 23.1. The lowest BCUT2D eigenvalue weighted by Crippen LogP contribution is -2.54. The van der Waals surface area contributed by atoms with Crippen LogP contribution in [-0.4, -0.2) is 47.3 Å². The van der Waals surface area contributed by atoms with Crippen molar-refractivity contribution in [3.05, 3.63) is 70.5 Å². The van der Waals surface area contributed by atoms with E-state index in [1.165, 1.54) is 28.8 Å². The fourth-order valence-electron chi connectivity index (χ4n) is 7.00. The smallest absolute Gasteiger partial charge is 0.233 e. The van der Waals surface area contributed by atoms with Crippen molar-refractivity contribution in [3.63, 3.8) is 0 Å². The van der Waals surface area contributed by atoms with Gasteiger partial charge in [0.1, 0.15) is 5.82 Å². The molecule has 0 unspecified atom stereocenters. The van der Waals surface area contributed by atoms with Gasteiger partial charge in [-0.25, -0.2) is 4.39 Å². The minimum atomic E-state index is -0.437. The predicted octanol–water partition coefficient (Wildman–Crippen LogP) is 5.12. The van der Waals surface area contributed by atoms with Gasteiger partial charge in [0.05, 0.1) is 5.41 Å². The van der Waals surface area contributed by atoms with E-state index >= 15 is 0 Å².